The minimum atomic E-state index is 0.0310. The van der Waals surface area contributed by atoms with Gasteiger partial charge in [-0.2, -0.15) is 0 Å². The molecule has 0 amide bonds. The molecule has 1 saturated carbocycles. The molecule has 4 rings (SSSR count). The van der Waals surface area contributed by atoms with Crippen molar-refractivity contribution >= 4 is 16.5 Å². The van der Waals surface area contributed by atoms with Gasteiger partial charge in [-0.25, -0.2) is 0 Å². The highest BCUT2D eigenvalue weighted by Gasteiger charge is 2.18. The van der Waals surface area contributed by atoms with Crippen molar-refractivity contribution in [2.75, 3.05) is 12.4 Å². The Hall–Kier alpha value is -2.79. The average molecular weight is 377 g/mol. The van der Waals surface area contributed by atoms with Crippen molar-refractivity contribution in [2.24, 2.45) is 5.73 Å². The maximum atomic E-state index is 12.9. The van der Waals surface area contributed by atoms with Gasteiger partial charge in [-0.05, 0) is 73.0 Å². The summed E-state index contributed by atoms with van der Waals surface area (Å²) < 4.78 is 6.94. The van der Waals surface area contributed by atoms with E-state index in [0.717, 1.165) is 53.5 Å². The Labute approximate surface area is 165 Å². The van der Waals surface area contributed by atoms with Gasteiger partial charge in [-0.15, -0.1) is 0 Å². The zero-order chi connectivity index (χ0) is 19.5. The number of ether oxygens (including phenoxy) is 1. The van der Waals surface area contributed by atoms with Crippen LogP contribution in [0.1, 0.15) is 31.2 Å². The number of nitrogens with two attached hydrogens (primary N) is 1. The zero-order valence-corrected chi connectivity index (χ0v) is 16.2. The van der Waals surface area contributed by atoms with E-state index in [1.165, 1.54) is 0 Å². The molecule has 3 N–H and O–H groups in total. The van der Waals surface area contributed by atoms with Crippen molar-refractivity contribution in [1.82, 2.24) is 4.57 Å². The molecule has 0 spiro atoms. The van der Waals surface area contributed by atoms with Crippen LogP contribution in [0.3, 0.4) is 0 Å². The SMILES string of the molecule is COc1ccc(Cn2ccc3cc(N[C@H]4CC[C@H](N)CC4)ccc3c2=O)cc1. The molecule has 3 aromatic rings. The first-order valence-electron chi connectivity index (χ1n) is 9.90. The Balaban J connectivity index is 1.53. The van der Waals surface area contributed by atoms with Crippen LogP contribution in [-0.2, 0) is 6.54 Å². The molecule has 1 aromatic heterocycles. The Kier molecular flexibility index (Phi) is 5.35. The first kappa shape index (κ1) is 18.6. The summed E-state index contributed by atoms with van der Waals surface area (Å²) in [7, 11) is 1.65. The van der Waals surface area contributed by atoms with Gasteiger partial charge in [0.1, 0.15) is 5.75 Å². The second-order valence-corrected chi connectivity index (χ2v) is 7.65. The Bertz CT molecular complexity index is 1000. The molecular formula is C23H27N3O2. The van der Waals surface area contributed by atoms with Crippen molar-refractivity contribution < 1.29 is 4.74 Å². The van der Waals surface area contributed by atoms with E-state index >= 15 is 0 Å². The topological polar surface area (TPSA) is 69.3 Å². The number of aromatic nitrogens is 1. The lowest BCUT2D eigenvalue weighted by Gasteiger charge is -2.27. The quantitative estimate of drug-likeness (QED) is 0.711. The molecule has 2 aromatic carbocycles. The van der Waals surface area contributed by atoms with Gasteiger partial charge in [-0.1, -0.05) is 12.1 Å². The van der Waals surface area contributed by atoms with E-state index in [9.17, 15) is 4.79 Å². The molecule has 1 fully saturated rings. The van der Waals surface area contributed by atoms with Crippen molar-refractivity contribution in [1.29, 1.82) is 0 Å². The highest BCUT2D eigenvalue weighted by molar-refractivity contribution is 5.84. The monoisotopic (exact) mass is 377 g/mol. The summed E-state index contributed by atoms with van der Waals surface area (Å²) in [6.07, 6.45) is 6.21. The normalized spacial score (nSPS) is 19.5. The zero-order valence-electron chi connectivity index (χ0n) is 16.2. The number of nitrogens with one attached hydrogen (secondary N) is 1. The van der Waals surface area contributed by atoms with E-state index in [1.54, 1.807) is 11.7 Å². The fourth-order valence-electron chi connectivity index (χ4n) is 3.93. The maximum Gasteiger partial charge on any atom is 0.258 e. The van der Waals surface area contributed by atoms with Crippen molar-refractivity contribution in [3.05, 3.63) is 70.6 Å². The third-order valence-corrected chi connectivity index (χ3v) is 5.63. The van der Waals surface area contributed by atoms with Gasteiger partial charge in [0.15, 0.2) is 0 Å². The van der Waals surface area contributed by atoms with Crippen LogP contribution in [0.2, 0.25) is 0 Å². The highest BCUT2D eigenvalue weighted by Crippen LogP contribution is 2.23. The van der Waals surface area contributed by atoms with Crippen LogP contribution in [0.15, 0.2) is 59.5 Å². The molecular weight excluding hydrogens is 350 g/mol. The van der Waals surface area contributed by atoms with Crippen LogP contribution in [0.4, 0.5) is 5.69 Å². The number of benzene rings is 2. The number of nitrogens with zero attached hydrogens (tertiary/aromatic N) is 1. The summed E-state index contributed by atoms with van der Waals surface area (Å²) >= 11 is 0. The molecule has 1 aliphatic rings. The standard InChI is InChI=1S/C23H27N3O2/c1-28-21-9-2-16(3-10-21)15-26-13-12-17-14-20(8-11-22(17)23(26)27)25-19-6-4-18(24)5-7-19/h2-3,8-14,18-19,25H,4-7,15,24H2,1H3/t18-,19-. The summed E-state index contributed by atoms with van der Waals surface area (Å²) in [5.41, 5.74) is 8.16. The van der Waals surface area contributed by atoms with Gasteiger partial charge in [0.05, 0.1) is 13.7 Å². The number of rotatable bonds is 5. The third kappa shape index (κ3) is 4.04. The lowest BCUT2D eigenvalue weighted by molar-refractivity contribution is 0.411. The summed E-state index contributed by atoms with van der Waals surface area (Å²) in [5.74, 6) is 0.814. The fraction of sp³-hybridized carbons (Fsp3) is 0.348. The molecule has 0 unspecified atom stereocenters. The van der Waals surface area contributed by atoms with Gasteiger partial charge in [0, 0.05) is 29.4 Å². The fourth-order valence-corrected chi connectivity index (χ4v) is 3.93. The molecule has 1 aliphatic carbocycles. The van der Waals surface area contributed by atoms with Crippen molar-refractivity contribution in [3.8, 4) is 5.75 Å². The summed E-state index contributed by atoms with van der Waals surface area (Å²) in [6.45, 7) is 0.543. The predicted molar refractivity (Wildman–Crippen MR) is 114 cm³/mol. The molecule has 28 heavy (non-hydrogen) atoms. The lowest BCUT2D eigenvalue weighted by Crippen LogP contribution is -2.32. The largest absolute Gasteiger partial charge is 0.497 e. The van der Waals surface area contributed by atoms with Crippen LogP contribution in [0, 0.1) is 0 Å². The number of hydrogen-bond acceptors (Lipinski definition) is 4. The lowest BCUT2D eigenvalue weighted by atomic mass is 9.91. The molecule has 0 atom stereocenters. The summed E-state index contributed by atoms with van der Waals surface area (Å²) in [5, 5.41) is 5.31. The van der Waals surface area contributed by atoms with Crippen molar-refractivity contribution in [3.63, 3.8) is 0 Å². The molecule has 0 aliphatic heterocycles. The van der Waals surface area contributed by atoms with E-state index in [2.05, 4.69) is 11.4 Å². The number of fused-ring (bicyclic) bond motifs is 1. The Morgan fingerprint density at radius 3 is 2.54 bits per heavy atom. The molecule has 5 heteroatoms. The van der Waals surface area contributed by atoms with E-state index in [4.69, 9.17) is 10.5 Å². The van der Waals surface area contributed by atoms with Gasteiger partial charge < -0.3 is 20.4 Å². The highest BCUT2D eigenvalue weighted by atomic mass is 16.5. The minimum Gasteiger partial charge on any atom is -0.497 e. The Morgan fingerprint density at radius 2 is 1.82 bits per heavy atom. The molecule has 0 radical (unpaired) electrons. The number of hydrogen-bond donors (Lipinski definition) is 2. The number of anilines is 1. The molecule has 0 bridgehead atoms. The van der Waals surface area contributed by atoms with Crippen LogP contribution in [0.25, 0.3) is 10.8 Å². The molecule has 0 saturated heterocycles. The number of methoxy groups -OCH3 is 1. The molecule has 5 nitrogen and oxygen atoms in total. The smallest absolute Gasteiger partial charge is 0.258 e. The third-order valence-electron chi connectivity index (χ3n) is 5.63. The minimum absolute atomic E-state index is 0.0310. The first-order chi connectivity index (χ1) is 13.6. The second-order valence-electron chi connectivity index (χ2n) is 7.65. The van der Waals surface area contributed by atoms with E-state index < -0.39 is 0 Å². The van der Waals surface area contributed by atoms with Crippen LogP contribution in [0.5, 0.6) is 5.75 Å². The van der Waals surface area contributed by atoms with Crippen LogP contribution >= 0.6 is 0 Å². The van der Waals surface area contributed by atoms with Crippen LogP contribution in [-0.4, -0.2) is 23.8 Å². The number of pyridine rings is 1. The summed E-state index contributed by atoms with van der Waals surface area (Å²) in [4.78, 5) is 12.9. The van der Waals surface area contributed by atoms with Crippen LogP contribution < -0.4 is 21.3 Å². The van der Waals surface area contributed by atoms with Gasteiger partial charge >= 0.3 is 0 Å². The van der Waals surface area contributed by atoms with E-state index in [1.807, 2.05) is 48.7 Å². The van der Waals surface area contributed by atoms with Crippen molar-refractivity contribution in [2.45, 2.75) is 44.3 Å². The average Bonchev–Trinajstić information content (AvgIpc) is 2.72. The maximum absolute atomic E-state index is 12.9. The molecule has 146 valence electrons. The van der Waals surface area contributed by atoms with Gasteiger partial charge in [0.2, 0.25) is 0 Å². The molecule has 1 heterocycles. The Morgan fingerprint density at radius 1 is 1.07 bits per heavy atom. The first-order valence-corrected chi connectivity index (χ1v) is 9.90. The van der Waals surface area contributed by atoms with E-state index in [-0.39, 0.29) is 5.56 Å². The predicted octanol–water partition coefficient (Wildman–Crippen LogP) is 3.74. The van der Waals surface area contributed by atoms with Gasteiger partial charge in [0.25, 0.3) is 5.56 Å². The summed E-state index contributed by atoms with van der Waals surface area (Å²) in [6, 6.07) is 16.6. The van der Waals surface area contributed by atoms with E-state index in [0.29, 0.717) is 18.6 Å². The van der Waals surface area contributed by atoms with Gasteiger partial charge in [-0.3, -0.25) is 4.79 Å². The second kappa shape index (κ2) is 8.07.